The first-order chi connectivity index (χ1) is 11.7. The SMILES string of the molecule is CSc1nc2c(c(=O)[nH]1)CN(Cc1nn(C)c3ccccc13)CC2. The number of H-pyrrole nitrogens is 1. The van der Waals surface area contributed by atoms with Gasteiger partial charge in [-0.05, 0) is 12.3 Å². The minimum Gasteiger partial charge on any atom is -0.301 e. The summed E-state index contributed by atoms with van der Waals surface area (Å²) < 4.78 is 1.92. The minimum absolute atomic E-state index is 0.0140. The molecule has 0 fully saturated rings. The van der Waals surface area contributed by atoms with Crippen molar-refractivity contribution in [2.24, 2.45) is 7.05 Å². The molecule has 1 aliphatic heterocycles. The van der Waals surface area contributed by atoms with Crippen molar-refractivity contribution in [3.8, 4) is 0 Å². The fourth-order valence-electron chi connectivity index (χ4n) is 3.31. The molecule has 6 nitrogen and oxygen atoms in total. The molecule has 3 heterocycles. The van der Waals surface area contributed by atoms with E-state index in [1.165, 1.54) is 17.1 Å². The first-order valence-electron chi connectivity index (χ1n) is 7.94. The Kier molecular flexibility index (Phi) is 3.90. The Balaban J connectivity index is 1.62. The van der Waals surface area contributed by atoms with Crippen LogP contribution in [-0.2, 0) is 26.6 Å². The molecule has 3 aromatic rings. The second kappa shape index (κ2) is 6.07. The third-order valence-corrected chi connectivity index (χ3v) is 5.11. The van der Waals surface area contributed by atoms with Crippen molar-refractivity contribution in [3.63, 3.8) is 0 Å². The van der Waals surface area contributed by atoms with E-state index < -0.39 is 0 Å². The van der Waals surface area contributed by atoms with Gasteiger partial charge in [-0.15, -0.1) is 0 Å². The molecule has 124 valence electrons. The van der Waals surface area contributed by atoms with E-state index >= 15 is 0 Å². The molecule has 1 aromatic carbocycles. The molecule has 1 N–H and O–H groups in total. The van der Waals surface area contributed by atoms with E-state index in [2.05, 4.69) is 32.1 Å². The number of benzene rings is 1. The van der Waals surface area contributed by atoms with E-state index in [1.807, 2.05) is 30.1 Å². The van der Waals surface area contributed by atoms with Crippen LogP contribution in [0.15, 0.2) is 34.2 Å². The summed E-state index contributed by atoms with van der Waals surface area (Å²) in [6.07, 6.45) is 2.73. The fourth-order valence-corrected chi connectivity index (χ4v) is 3.70. The lowest BCUT2D eigenvalue weighted by atomic mass is 10.1. The number of aromatic amines is 1. The Labute approximate surface area is 143 Å². The second-order valence-corrected chi connectivity index (χ2v) is 6.84. The van der Waals surface area contributed by atoms with Gasteiger partial charge in [-0.2, -0.15) is 5.10 Å². The molecule has 4 rings (SSSR count). The van der Waals surface area contributed by atoms with Gasteiger partial charge in [0, 0.05) is 38.5 Å². The molecule has 2 aromatic heterocycles. The largest absolute Gasteiger partial charge is 0.301 e. The number of rotatable bonds is 3. The van der Waals surface area contributed by atoms with E-state index in [-0.39, 0.29) is 5.56 Å². The number of nitrogens with one attached hydrogen (secondary N) is 1. The molecule has 0 saturated carbocycles. The van der Waals surface area contributed by atoms with Crippen LogP contribution in [0.3, 0.4) is 0 Å². The normalized spacial score (nSPS) is 14.9. The molecule has 1 aliphatic rings. The Morgan fingerprint density at radius 3 is 3.00 bits per heavy atom. The lowest BCUT2D eigenvalue weighted by molar-refractivity contribution is 0.238. The highest BCUT2D eigenvalue weighted by atomic mass is 32.2. The van der Waals surface area contributed by atoms with Crippen LogP contribution in [0.25, 0.3) is 10.9 Å². The Morgan fingerprint density at radius 1 is 1.33 bits per heavy atom. The molecule has 0 aliphatic carbocycles. The molecule has 0 spiro atoms. The smallest absolute Gasteiger partial charge is 0.256 e. The van der Waals surface area contributed by atoms with E-state index in [9.17, 15) is 4.79 Å². The maximum absolute atomic E-state index is 12.3. The van der Waals surface area contributed by atoms with E-state index in [4.69, 9.17) is 0 Å². The van der Waals surface area contributed by atoms with Gasteiger partial charge in [-0.1, -0.05) is 30.0 Å². The molecule has 0 unspecified atom stereocenters. The highest BCUT2D eigenvalue weighted by Crippen LogP contribution is 2.22. The van der Waals surface area contributed by atoms with Crippen LogP contribution >= 0.6 is 11.8 Å². The first-order valence-corrected chi connectivity index (χ1v) is 9.17. The maximum Gasteiger partial charge on any atom is 0.256 e. The zero-order chi connectivity index (χ0) is 16.7. The van der Waals surface area contributed by atoms with Crippen molar-refractivity contribution < 1.29 is 0 Å². The molecule has 0 radical (unpaired) electrons. The van der Waals surface area contributed by atoms with Gasteiger partial charge < -0.3 is 4.98 Å². The zero-order valence-electron chi connectivity index (χ0n) is 13.7. The first kappa shape index (κ1) is 15.4. The van der Waals surface area contributed by atoms with Crippen molar-refractivity contribution in [1.82, 2.24) is 24.6 Å². The summed E-state index contributed by atoms with van der Waals surface area (Å²) in [5.41, 5.74) is 3.90. The molecular weight excluding hydrogens is 322 g/mol. The summed E-state index contributed by atoms with van der Waals surface area (Å²) >= 11 is 1.47. The molecule has 7 heteroatoms. The van der Waals surface area contributed by atoms with E-state index in [0.29, 0.717) is 11.7 Å². The highest BCUT2D eigenvalue weighted by molar-refractivity contribution is 7.98. The van der Waals surface area contributed by atoms with Crippen LogP contribution in [0.4, 0.5) is 0 Å². The van der Waals surface area contributed by atoms with E-state index in [1.54, 1.807) is 0 Å². The van der Waals surface area contributed by atoms with Gasteiger partial charge in [-0.3, -0.25) is 14.4 Å². The van der Waals surface area contributed by atoms with Crippen LogP contribution < -0.4 is 5.56 Å². The minimum atomic E-state index is -0.0140. The number of nitrogens with zero attached hydrogens (tertiary/aromatic N) is 4. The van der Waals surface area contributed by atoms with Crippen molar-refractivity contribution >= 4 is 22.7 Å². The van der Waals surface area contributed by atoms with Crippen molar-refractivity contribution in [1.29, 1.82) is 0 Å². The number of thioether (sulfide) groups is 1. The molecule has 0 saturated heterocycles. The lowest BCUT2D eigenvalue weighted by Gasteiger charge is -2.27. The number of aromatic nitrogens is 4. The van der Waals surface area contributed by atoms with Crippen LogP contribution in [-0.4, -0.2) is 37.4 Å². The Hall–Kier alpha value is -2.12. The summed E-state index contributed by atoms with van der Waals surface area (Å²) in [6.45, 7) is 2.25. The fraction of sp³-hybridized carbons (Fsp3) is 0.353. The monoisotopic (exact) mass is 341 g/mol. The maximum atomic E-state index is 12.3. The number of hydrogen-bond donors (Lipinski definition) is 1. The average Bonchev–Trinajstić information content (AvgIpc) is 2.91. The third kappa shape index (κ3) is 2.63. The number of fused-ring (bicyclic) bond motifs is 2. The quantitative estimate of drug-likeness (QED) is 0.582. The van der Waals surface area contributed by atoms with Gasteiger partial charge in [0.15, 0.2) is 5.16 Å². The summed E-state index contributed by atoms with van der Waals surface area (Å²) in [7, 11) is 1.97. The summed E-state index contributed by atoms with van der Waals surface area (Å²) in [5.74, 6) is 0. The van der Waals surface area contributed by atoms with Crippen LogP contribution in [0.5, 0.6) is 0 Å². The lowest BCUT2D eigenvalue weighted by Crippen LogP contribution is -2.35. The average molecular weight is 341 g/mol. The highest BCUT2D eigenvalue weighted by Gasteiger charge is 2.22. The number of hydrogen-bond acceptors (Lipinski definition) is 5. The predicted octanol–water partition coefficient (Wildman–Crippen LogP) is 1.94. The molecule has 0 amide bonds. The summed E-state index contributed by atoms with van der Waals surface area (Å²) in [4.78, 5) is 22.0. The standard InChI is InChI=1S/C17H19N5OS/c1-21-15-6-4-3-5-11(15)14(20-21)10-22-8-7-13-12(9-22)16(23)19-17(18-13)24-2/h3-6H,7-10H2,1-2H3,(H,18,19,23). The van der Waals surface area contributed by atoms with Gasteiger partial charge in [0.1, 0.15) is 0 Å². The van der Waals surface area contributed by atoms with Crippen molar-refractivity contribution in [3.05, 3.63) is 51.6 Å². The summed E-state index contributed by atoms with van der Waals surface area (Å²) in [5, 5.41) is 6.53. The number of para-hydroxylation sites is 1. The Bertz CT molecular complexity index is 961. The van der Waals surface area contributed by atoms with Gasteiger partial charge in [-0.25, -0.2) is 4.98 Å². The topological polar surface area (TPSA) is 66.8 Å². The second-order valence-electron chi connectivity index (χ2n) is 6.05. The van der Waals surface area contributed by atoms with Gasteiger partial charge in [0.2, 0.25) is 0 Å². The van der Waals surface area contributed by atoms with Gasteiger partial charge in [0.05, 0.1) is 22.5 Å². The predicted molar refractivity (Wildman–Crippen MR) is 95.2 cm³/mol. The van der Waals surface area contributed by atoms with E-state index in [0.717, 1.165) is 42.0 Å². The van der Waals surface area contributed by atoms with Gasteiger partial charge in [0.25, 0.3) is 5.56 Å². The van der Waals surface area contributed by atoms with Crippen LogP contribution in [0.2, 0.25) is 0 Å². The molecule has 0 atom stereocenters. The van der Waals surface area contributed by atoms with Crippen LogP contribution in [0, 0.1) is 0 Å². The molecule has 0 bridgehead atoms. The third-order valence-electron chi connectivity index (χ3n) is 4.53. The van der Waals surface area contributed by atoms with Crippen LogP contribution in [0.1, 0.15) is 17.0 Å². The van der Waals surface area contributed by atoms with Gasteiger partial charge >= 0.3 is 0 Å². The molecule has 24 heavy (non-hydrogen) atoms. The van der Waals surface area contributed by atoms with Crippen molar-refractivity contribution in [2.45, 2.75) is 24.7 Å². The zero-order valence-corrected chi connectivity index (χ0v) is 14.6. The summed E-state index contributed by atoms with van der Waals surface area (Å²) in [6, 6.07) is 8.25. The Morgan fingerprint density at radius 2 is 2.17 bits per heavy atom. The number of aryl methyl sites for hydroxylation is 1. The molecular formula is C17H19N5OS. The van der Waals surface area contributed by atoms with Crippen molar-refractivity contribution in [2.75, 3.05) is 12.8 Å².